The van der Waals surface area contributed by atoms with Crippen LogP contribution in [0.3, 0.4) is 0 Å². The molecule has 0 radical (unpaired) electrons. The first kappa shape index (κ1) is 10.5. The second-order valence-corrected chi connectivity index (χ2v) is 4.45. The van der Waals surface area contributed by atoms with Crippen LogP contribution in [-0.4, -0.2) is 18.2 Å². The minimum atomic E-state index is -0.405. The van der Waals surface area contributed by atoms with E-state index >= 15 is 0 Å². The number of hydrogen-bond donors (Lipinski definition) is 0. The van der Waals surface area contributed by atoms with Gasteiger partial charge >= 0.3 is 0 Å². The molecule has 0 spiro atoms. The number of rotatable bonds is 1. The molecule has 1 fully saturated rings. The summed E-state index contributed by atoms with van der Waals surface area (Å²) in [6.07, 6.45) is -0.0768. The Morgan fingerprint density at radius 3 is 2.67 bits per heavy atom. The fraction of sp³-hybridized carbons (Fsp3) is 0.200. The molecule has 0 aliphatic carbocycles. The summed E-state index contributed by atoms with van der Waals surface area (Å²) in [4.78, 5) is 23.8. The van der Waals surface area contributed by atoms with Crippen LogP contribution in [0.5, 0.6) is 0 Å². The van der Waals surface area contributed by atoms with Crippen molar-refractivity contribution in [1.82, 2.24) is 0 Å². The van der Waals surface area contributed by atoms with Crippen LogP contribution < -0.4 is 4.90 Å². The summed E-state index contributed by atoms with van der Waals surface area (Å²) in [5.41, 5.74) is 0.478. The van der Waals surface area contributed by atoms with Gasteiger partial charge in [-0.25, -0.2) is 4.39 Å². The Balaban J connectivity index is 2.41. The number of benzene rings is 1. The van der Waals surface area contributed by atoms with Gasteiger partial charge in [0.05, 0.1) is 18.7 Å². The lowest BCUT2D eigenvalue weighted by Gasteiger charge is -2.16. The number of ketones is 1. The van der Waals surface area contributed by atoms with Crippen LogP contribution in [0.25, 0.3) is 0 Å². The van der Waals surface area contributed by atoms with E-state index in [1.165, 1.54) is 17.0 Å². The monoisotopic (exact) mass is 319 g/mol. The third-order valence-electron chi connectivity index (χ3n) is 2.18. The molecule has 0 N–H and O–H groups in total. The molecule has 1 aromatic rings. The largest absolute Gasteiger partial charge is 0.303 e. The smallest absolute Gasteiger partial charge is 0.234 e. The second-order valence-electron chi connectivity index (χ2n) is 3.29. The van der Waals surface area contributed by atoms with Crippen molar-refractivity contribution in [3.63, 3.8) is 0 Å². The molecule has 1 aliphatic rings. The molecule has 1 aromatic carbocycles. The van der Waals surface area contributed by atoms with Gasteiger partial charge in [-0.2, -0.15) is 0 Å². The van der Waals surface area contributed by atoms with Crippen molar-refractivity contribution in [2.75, 3.05) is 11.4 Å². The molecule has 0 saturated carbocycles. The molecule has 1 aliphatic heterocycles. The van der Waals surface area contributed by atoms with Crippen molar-refractivity contribution in [2.45, 2.75) is 6.42 Å². The third-order valence-corrected chi connectivity index (χ3v) is 3.10. The average Bonchev–Trinajstić information content (AvgIpc) is 2.50. The van der Waals surface area contributed by atoms with Crippen molar-refractivity contribution in [1.29, 1.82) is 0 Å². The maximum absolute atomic E-state index is 13.0. The lowest BCUT2D eigenvalue weighted by molar-refractivity contribution is -0.121. The SMILES string of the molecule is O=C1CC(=O)N(c2cc(F)ccc2I)C1. The van der Waals surface area contributed by atoms with Crippen LogP contribution in [0.15, 0.2) is 18.2 Å². The lowest BCUT2D eigenvalue weighted by Crippen LogP contribution is -2.25. The first-order valence-corrected chi connectivity index (χ1v) is 5.43. The number of hydrogen-bond acceptors (Lipinski definition) is 2. The normalized spacial score (nSPS) is 16.3. The van der Waals surface area contributed by atoms with Crippen LogP contribution in [0, 0.1) is 9.39 Å². The summed E-state index contributed by atoms with van der Waals surface area (Å²) in [5.74, 6) is -0.791. The Morgan fingerprint density at radius 1 is 1.33 bits per heavy atom. The molecule has 1 amide bonds. The van der Waals surface area contributed by atoms with E-state index < -0.39 is 5.82 Å². The van der Waals surface area contributed by atoms with E-state index in [0.717, 1.165) is 3.57 Å². The number of anilines is 1. The standard InChI is InChI=1S/C10H7FINO2/c11-6-1-2-8(12)9(3-6)13-5-7(14)4-10(13)15/h1-3H,4-5H2. The topological polar surface area (TPSA) is 37.4 Å². The van der Waals surface area contributed by atoms with Gasteiger partial charge in [-0.05, 0) is 40.8 Å². The Kier molecular flexibility index (Phi) is 2.72. The molecule has 5 heteroatoms. The van der Waals surface area contributed by atoms with Gasteiger partial charge in [0.25, 0.3) is 0 Å². The zero-order chi connectivity index (χ0) is 11.0. The van der Waals surface area contributed by atoms with Crippen LogP contribution >= 0.6 is 22.6 Å². The highest BCUT2D eigenvalue weighted by Gasteiger charge is 2.29. The van der Waals surface area contributed by atoms with E-state index in [1.807, 2.05) is 22.6 Å². The maximum atomic E-state index is 13.0. The molecule has 2 rings (SSSR count). The van der Waals surface area contributed by atoms with Crippen LogP contribution in [0.4, 0.5) is 10.1 Å². The number of nitrogens with zero attached hydrogens (tertiary/aromatic N) is 1. The predicted octanol–water partition coefficient (Wildman–Crippen LogP) is 1.74. The van der Waals surface area contributed by atoms with E-state index in [1.54, 1.807) is 6.07 Å². The molecule has 1 heterocycles. The van der Waals surface area contributed by atoms with Gasteiger partial charge in [0.1, 0.15) is 5.82 Å². The molecular formula is C10H7FINO2. The van der Waals surface area contributed by atoms with E-state index in [-0.39, 0.29) is 24.7 Å². The summed E-state index contributed by atoms with van der Waals surface area (Å²) in [7, 11) is 0. The summed E-state index contributed by atoms with van der Waals surface area (Å²) < 4.78 is 13.8. The van der Waals surface area contributed by atoms with Crippen LogP contribution in [0.1, 0.15) is 6.42 Å². The predicted molar refractivity (Wildman–Crippen MR) is 61.1 cm³/mol. The number of amides is 1. The van der Waals surface area contributed by atoms with Gasteiger partial charge in [0, 0.05) is 3.57 Å². The minimum Gasteiger partial charge on any atom is -0.303 e. The first-order chi connectivity index (χ1) is 7.08. The first-order valence-electron chi connectivity index (χ1n) is 4.35. The van der Waals surface area contributed by atoms with E-state index in [4.69, 9.17) is 0 Å². The molecule has 0 bridgehead atoms. The highest BCUT2D eigenvalue weighted by molar-refractivity contribution is 14.1. The van der Waals surface area contributed by atoms with E-state index in [2.05, 4.69) is 0 Å². The van der Waals surface area contributed by atoms with E-state index in [9.17, 15) is 14.0 Å². The quantitative estimate of drug-likeness (QED) is 0.584. The van der Waals surface area contributed by atoms with Crippen molar-refractivity contribution < 1.29 is 14.0 Å². The van der Waals surface area contributed by atoms with Gasteiger partial charge in [-0.3, -0.25) is 9.59 Å². The van der Waals surface area contributed by atoms with Crippen molar-refractivity contribution in [2.24, 2.45) is 0 Å². The van der Waals surface area contributed by atoms with Gasteiger partial charge in [-0.15, -0.1) is 0 Å². The molecule has 3 nitrogen and oxygen atoms in total. The van der Waals surface area contributed by atoms with Crippen LogP contribution in [-0.2, 0) is 9.59 Å². The zero-order valence-electron chi connectivity index (χ0n) is 7.67. The van der Waals surface area contributed by atoms with E-state index in [0.29, 0.717) is 5.69 Å². The number of carbonyl (C=O) groups excluding carboxylic acids is 2. The number of halogens is 2. The third kappa shape index (κ3) is 2.01. The summed E-state index contributed by atoms with van der Waals surface area (Å²) in [5, 5.41) is 0. The Morgan fingerprint density at radius 2 is 2.07 bits per heavy atom. The Bertz CT molecular complexity index is 447. The summed E-state index contributed by atoms with van der Waals surface area (Å²) in [6, 6.07) is 4.19. The fourth-order valence-electron chi connectivity index (χ4n) is 1.50. The Labute approximate surface area is 99.4 Å². The Hall–Kier alpha value is -0.980. The number of carbonyl (C=O) groups is 2. The zero-order valence-corrected chi connectivity index (χ0v) is 9.82. The second kappa shape index (κ2) is 3.88. The average molecular weight is 319 g/mol. The summed E-state index contributed by atoms with van der Waals surface area (Å²) >= 11 is 2.01. The minimum absolute atomic E-state index is 0.0539. The van der Waals surface area contributed by atoms with Crippen molar-refractivity contribution in [3.05, 3.63) is 27.6 Å². The molecule has 78 valence electrons. The van der Waals surface area contributed by atoms with Crippen molar-refractivity contribution in [3.8, 4) is 0 Å². The molecule has 0 aromatic heterocycles. The van der Waals surface area contributed by atoms with Crippen LogP contribution in [0.2, 0.25) is 0 Å². The highest BCUT2D eigenvalue weighted by atomic mass is 127. The lowest BCUT2D eigenvalue weighted by atomic mass is 10.3. The molecule has 0 unspecified atom stereocenters. The van der Waals surface area contributed by atoms with Gasteiger partial charge < -0.3 is 4.90 Å². The van der Waals surface area contributed by atoms with Gasteiger partial charge in [0.15, 0.2) is 5.78 Å². The molecule has 1 saturated heterocycles. The highest BCUT2D eigenvalue weighted by Crippen LogP contribution is 2.26. The fourth-order valence-corrected chi connectivity index (χ4v) is 2.12. The van der Waals surface area contributed by atoms with Gasteiger partial charge in [-0.1, -0.05) is 0 Å². The molecule has 0 atom stereocenters. The van der Waals surface area contributed by atoms with Gasteiger partial charge in [0.2, 0.25) is 5.91 Å². The maximum Gasteiger partial charge on any atom is 0.234 e. The number of Topliss-reactive ketones (excluding diaryl/α,β-unsaturated/α-hetero) is 1. The summed E-state index contributed by atoms with van der Waals surface area (Å²) in [6.45, 7) is 0.0539. The molecular weight excluding hydrogens is 312 g/mol. The van der Waals surface area contributed by atoms with Crippen molar-refractivity contribution >= 4 is 40.0 Å². The molecule has 15 heavy (non-hydrogen) atoms.